The first-order valence-corrected chi connectivity index (χ1v) is 6.97. The van der Waals surface area contributed by atoms with Crippen LogP contribution >= 0.6 is 11.6 Å². The second kappa shape index (κ2) is 7.08. The second-order valence-electron chi connectivity index (χ2n) is 4.65. The Hall–Kier alpha value is -2.08. The third-order valence-electron chi connectivity index (χ3n) is 3.15. The van der Waals surface area contributed by atoms with Gasteiger partial charge in [0, 0.05) is 32.7 Å². The lowest BCUT2D eigenvalue weighted by Crippen LogP contribution is -2.38. The molecule has 0 aliphatic rings. The number of benzene rings is 1. The monoisotopic (exact) mass is 306 g/mol. The van der Waals surface area contributed by atoms with Crippen molar-refractivity contribution in [3.63, 3.8) is 0 Å². The smallest absolute Gasteiger partial charge is 0.194 e. The molecule has 6 nitrogen and oxygen atoms in total. The average Bonchev–Trinajstić information content (AvgIpc) is 2.88. The van der Waals surface area contributed by atoms with Gasteiger partial charge in [-0.2, -0.15) is 5.10 Å². The third-order valence-corrected chi connectivity index (χ3v) is 3.52. The number of hydrogen-bond acceptors (Lipinski definition) is 3. The highest BCUT2D eigenvalue weighted by atomic mass is 35.5. The van der Waals surface area contributed by atoms with Crippen LogP contribution in [-0.2, 0) is 20.1 Å². The first kappa shape index (κ1) is 15.3. The SMILES string of the molecule is CN=C(NCc1ncnn1C)N(C)Cc1ccccc1Cl. The molecule has 0 saturated heterocycles. The lowest BCUT2D eigenvalue weighted by Gasteiger charge is -2.22. The summed E-state index contributed by atoms with van der Waals surface area (Å²) in [7, 11) is 5.58. The molecule has 0 spiro atoms. The molecule has 1 aromatic heterocycles. The number of nitrogens with one attached hydrogen (secondary N) is 1. The average molecular weight is 307 g/mol. The summed E-state index contributed by atoms with van der Waals surface area (Å²) in [6.07, 6.45) is 1.53. The molecule has 1 N–H and O–H groups in total. The molecule has 0 atom stereocenters. The zero-order valence-electron chi connectivity index (χ0n) is 12.4. The summed E-state index contributed by atoms with van der Waals surface area (Å²) >= 11 is 6.19. The van der Waals surface area contributed by atoms with Crippen LogP contribution in [0.4, 0.5) is 0 Å². The molecule has 1 aromatic carbocycles. The van der Waals surface area contributed by atoms with Crippen molar-refractivity contribution in [2.45, 2.75) is 13.1 Å². The van der Waals surface area contributed by atoms with Gasteiger partial charge >= 0.3 is 0 Å². The van der Waals surface area contributed by atoms with Crippen LogP contribution in [0.5, 0.6) is 0 Å². The number of rotatable bonds is 4. The van der Waals surface area contributed by atoms with Crippen molar-refractivity contribution < 1.29 is 0 Å². The van der Waals surface area contributed by atoms with Gasteiger partial charge < -0.3 is 10.2 Å². The molecule has 21 heavy (non-hydrogen) atoms. The van der Waals surface area contributed by atoms with Gasteiger partial charge in [0.15, 0.2) is 5.96 Å². The van der Waals surface area contributed by atoms with Gasteiger partial charge in [0.25, 0.3) is 0 Å². The zero-order valence-corrected chi connectivity index (χ0v) is 13.2. The molecule has 1 heterocycles. The lowest BCUT2D eigenvalue weighted by molar-refractivity contribution is 0.474. The van der Waals surface area contributed by atoms with E-state index >= 15 is 0 Å². The highest BCUT2D eigenvalue weighted by Crippen LogP contribution is 2.16. The maximum Gasteiger partial charge on any atom is 0.194 e. The van der Waals surface area contributed by atoms with Crippen molar-refractivity contribution in [3.05, 3.63) is 47.0 Å². The van der Waals surface area contributed by atoms with Crippen molar-refractivity contribution >= 4 is 17.6 Å². The van der Waals surface area contributed by atoms with Crippen LogP contribution in [0.25, 0.3) is 0 Å². The van der Waals surface area contributed by atoms with Crippen molar-refractivity contribution in [3.8, 4) is 0 Å². The number of nitrogens with zero attached hydrogens (tertiary/aromatic N) is 5. The number of aliphatic imine (C=N–C) groups is 1. The van der Waals surface area contributed by atoms with Crippen molar-refractivity contribution in [2.75, 3.05) is 14.1 Å². The van der Waals surface area contributed by atoms with E-state index in [9.17, 15) is 0 Å². The first-order chi connectivity index (χ1) is 10.1. The number of halogens is 1. The Morgan fingerprint density at radius 2 is 2.19 bits per heavy atom. The van der Waals surface area contributed by atoms with Gasteiger partial charge in [-0.25, -0.2) is 4.98 Å². The fourth-order valence-electron chi connectivity index (χ4n) is 1.98. The van der Waals surface area contributed by atoms with Gasteiger partial charge in [0.1, 0.15) is 12.2 Å². The minimum absolute atomic E-state index is 0.566. The minimum Gasteiger partial charge on any atom is -0.349 e. The van der Waals surface area contributed by atoms with Crippen LogP contribution in [0.3, 0.4) is 0 Å². The number of aromatic nitrogens is 3. The molecule has 0 unspecified atom stereocenters. The number of guanidine groups is 1. The van der Waals surface area contributed by atoms with Crippen LogP contribution in [0.1, 0.15) is 11.4 Å². The van der Waals surface area contributed by atoms with Crippen molar-refractivity contribution in [1.29, 1.82) is 0 Å². The lowest BCUT2D eigenvalue weighted by atomic mass is 10.2. The summed E-state index contributed by atoms with van der Waals surface area (Å²) < 4.78 is 1.73. The van der Waals surface area contributed by atoms with Crippen LogP contribution in [0.2, 0.25) is 5.02 Å². The molecule has 0 fully saturated rings. The number of aryl methyl sites for hydroxylation is 1. The van der Waals surface area contributed by atoms with Crippen LogP contribution in [0, 0.1) is 0 Å². The standard InChI is InChI=1S/C14H19ClN6/c1-16-14(17-8-13-18-10-19-21(13)3)20(2)9-11-6-4-5-7-12(11)15/h4-7,10H,8-9H2,1-3H3,(H,16,17). The summed E-state index contributed by atoms with van der Waals surface area (Å²) in [6, 6.07) is 7.80. The van der Waals surface area contributed by atoms with Gasteiger partial charge in [0.05, 0.1) is 6.54 Å². The van der Waals surface area contributed by atoms with E-state index in [4.69, 9.17) is 11.6 Å². The Bertz CT molecular complexity index is 621. The van der Waals surface area contributed by atoms with Gasteiger partial charge in [-0.3, -0.25) is 9.67 Å². The largest absolute Gasteiger partial charge is 0.349 e. The van der Waals surface area contributed by atoms with Gasteiger partial charge in [0.2, 0.25) is 0 Å². The Morgan fingerprint density at radius 3 is 2.81 bits per heavy atom. The molecular weight excluding hydrogens is 288 g/mol. The van der Waals surface area contributed by atoms with Gasteiger partial charge in [-0.15, -0.1) is 0 Å². The third kappa shape index (κ3) is 3.95. The quantitative estimate of drug-likeness (QED) is 0.690. The zero-order chi connectivity index (χ0) is 15.2. The van der Waals surface area contributed by atoms with Crippen molar-refractivity contribution in [1.82, 2.24) is 25.0 Å². The van der Waals surface area contributed by atoms with Crippen LogP contribution < -0.4 is 5.32 Å². The molecular formula is C14H19ClN6. The van der Waals surface area contributed by atoms with E-state index in [1.165, 1.54) is 6.33 Å². The van der Waals surface area contributed by atoms with E-state index in [2.05, 4.69) is 20.4 Å². The first-order valence-electron chi connectivity index (χ1n) is 6.60. The Kier molecular flexibility index (Phi) is 5.16. The number of hydrogen-bond donors (Lipinski definition) is 1. The minimum atomic E-state index is 0.566. The summed E-state index contributed by atoms with van der Waals surface area (Å²) in [6.45, 7) is 1.24. The fraction of sp³-hybridized carbons (Fsp3) is 0.357. The summed E-state index contributed by atoms with van der Waals surface area (Å²) in [5, 5.41) is 8.06. The van der Waals surface area contributed by atoms with Gasteiger partial charge in [-0.05, 0) is 11.6 Å². The Balaban J connectivity index is 1.98. The van der Waals surface area contributed by atoms with Crippen molar-refractivity contribution in [2.24, 2.45) is 12.0 Å². The molecule has 0 bridgehead atoms. The summed E-state index contributed by atoms with van der Waals surface area (Å²) in [5.41, 5.74) is 1.06. The highest BCUT2D eigenvalue weighted by Gasteiger charge is 2.09. The van der Waals surface area contributed by atoms with Crippen LogP contribution in [0.15, 0.2) is 35.6 Å². The normalized spacial score (nSPS) is 11.5. The van der Waals surface area contributed by atoms with E-state index in [-0.39, 0.29) is 0 Å². The van der Waals surface area contributed by atoms with Gasteiger partial charge in [-0.1, -0.05) is 29.8 Å². The molecule has 0 amide bonds. The Morgan fingerprint density at radius 1 is 1.43 bits per heavy atom. The van der Waals surface area contributed by atoms with E-state index in [1.807, 2.05) is 43.3 Å². The highest BCUT2D eigenvalue weighted by molar-refractivity contribution is 6.31. The van der Waals surface area contributed by atoms with Crippen LogP contribution in [-0.4, -0.2) is 39.7 Å². The molecule has 112 valence electrons. The molecule has 2 rings (SSSR count). The maximum absolute atomic E-state index is 6.19. The molecule has 0 saturated carbocycles. The molecule has 0 radical (unpaired) electrons. The summed E-state index contributed by atoms with van der Waals surface area (Å²) in [4.78, 5) is 10.5. The van der Waals surface area contributed by atoms with E-state index in [0.29, 0.717) is 13.1 Å². The molecule has 7 heteroatoms. The van der Waals surface area contributed by atoms with E-state index in [1.54, 1.807) is 11.7 Å². The predicted molar refractivity (Wildman–Crippen MR) is 84.1 cm³/mol. The topological polar surface area (TPSA) is 58.3 Å². The Labute approximate surface area is 129 Å². The molecule has 0 aliphatic heterocycles. The maximum atomic E-state index is 6.19. The predicted octanol–water partition coefficient (Wildman–Crippen LogP) is 1.68. The van der Waals surface area contributed by atoms with E-state index < -0.39 is 0 Å². The summed E-state index contributed by atoms with van der Waals surface area (Å²) in [5.74, 6) is 1.63. The second-order valence-corrected chi connectivity index (χ2v) is 5.06. The van der Waals surface area contributed by atoms with E-state index in [0.717, 1.165) is 22.4 Å². The fourth-order valence-corrected chi connectivity index (χ4v) is 2.18. The molecule has 2 aromatic rings. The molecule has 0 aliphatic carbocycles.